The Labute approximate surface area is 165 Å². The number of nitrogens with zero attached hydrogens (tertiary/aromatic N) is 4. The Kier molecular flexibility index (Phi) is 6.49. The Morgan fingerprint density at radius 2 is 2.07 bits per heavy atom. The van der Waals surface area contributed by atoms with E-state index in [4.69, 9.17) is 15.0 Å². The van der Waals surface area contributed by atoms with Gasteiger partial charge in [-0.3, -0.25) is 4.79 Å². The maximum absolute atomic E-state index is 11.2. The van der Waals surface area contributed by atoms with Gasteiger partial charge in [0, 0.05) is 25.1 Å². The van der Waals surface area contributed by atoms with Crippen LogP contribution in [0.3, 0.4) is 0 Å². The summed E-state index contributed by atoms with van der Waals surface area (Å²) in [5.74, 6) is 2.42. The molecule has 1 aliphatic heterocycles. The van der Waals surface area contributed by atoms with Crippen LogP contribution in [0.5, 0.6) is 5.88 Å². The Morgan fingerprint density at radius 3 is 2.68 bits per heavy atom. The van der Waals surface area contributed by atoms with Crippen molar-refractivity contribution in [3.8, 4) is 5.88 Å². The van der Waals surface area contributed by atoms with Gasteiger partial charge in [-0.2, -0.15) is 4.98 Å². The van der Waals surface area contributed by atoms with Crippen molar-refractivity contribution in [2.75, 3.05) is 24.6 Å². The van der Waals surface area contributed by atoms with Gasteiger partial charge in [-0.25, -0.2) is 4.98 Å². The molecule has 8 nitrogen and oxygen atoms in total. The van der Waals surface area contributed by atoms with Gasteiger partial charge in [0.05, 0.1) is 17.9 Å². The zero-order chi connectivity index (χ0) is 20.1. The highest BCUT2D eigenvalue weighted by atomic mass is 16.5. The molecule has 0 bridgehead atoms. The quantitative estimate of drug-likeness (QED) is 0.694. The van der Waals surface area contributed by atoms with E-state index in [1.165, 1.54) is 0 Å². The molecule has 28 heavy (non-hydrogen) atoms. The van der Waals surface area contributed by atoms with Gasteiger partial charge in [0.1, 0.15) is 0 Å². The third-order valence-electron chi connectivity index (χ3n) is 5.15. The van der Waals surface area contributed by atoms with E-state index in [9.17, 15) is 4.79 Å². The molecule has 0 saturated carbocycles. The molecule has 152 valence electrons. The first-order chi connectivity index (χ1) is 13.4. The van der Waals surface area contributed by atoms with Crippen molar-refractivity contribution in [1.82, 2.24) is 15.1 Å². The molecule has 1 aliphatic rings. The van der Waals surface area contributed by atoms with Crippen LogP contribution in [-0.2, 0) is 0 Å². The molecule has 2 N–H and O–H groups in total. The number of anilines is 1. The number of ether oxygens (including phenoxy) is 1. The second kappa shape index (κ2) is 9.03. The Balaban J connectivity index is 1.37. The molecule has 0 aromatic carbocycles. The zero-order valence-electron chi connectivity index (χ0n) is 16.9. The fourth-order valence-corrected chi connectivity index (χ4v) is 3.44. The van der Waals surface area contributed by atoms with E-state index in [1.54, 1.807) is 19.1 Å². The van der Waals surface area contributed by atoms with Crippen molar-refractivity contribution >= 4 is 11.9 Å². The van der Waals surface area contributed by atoms with E-state index in [0.29, 0.717) is 41.5 Å². The summed E-state index contributed by atoms with van der Waals surface area (Å²) >= 11 is 0. The molecule has 0 aliphatic carbocycles. The number of hydrogen-bond acceptors (Lipinski definition) is 7. The van der Waals surface area contributed by atoms with Crippen LogP contribution in [0.2, 0.25) is 0 Å². The van der Waals surface area contributed by atoms with E-state index in [-0.39, 0.29) is 5.92 Å². The highest BCUT2D eigenvalue weighted by Gasteiger charge is 2.23. The van der Waals surface area contributed by atoms with Crippen LogP contribution in [-0.4, -0.2) is 40.7 Å². The monoisotopic (exact) mass is 387 g/mol. The van der Waals surface area contributed by atoms with Crippen molar-refractivity contribution < 1.29 is 14.1 Å². The molecule has 1 amide bonds. The van der Waals surface area contributed by atoms with Crippen LogP contribution in [0.25, 0.3) is 0 Å². The van der Waals surface area contributed by atoms with Crippen molar-refractivity contribution in [1.29, 1.82) is 0 Å². The van der Waals surface area contributed by atoms with Gasteiger partial charge in [0.25, 0.3) is 11.9 Å². The van der Waals surface area contributed by atoms with E-state index in [1.807, 2.05) is 0 Å². The van der Waals surface area contributed by atoms with E-state index in [0.717, 1.165) is 38.8 Å². The Morgan fingerprint density at radius 1 is 1.32 bits per heavy atom. The molecule has 2 aromatic rings. The van der Waals surface area contributed by atoms with Gasteiger partial charge >= 0.3 is 0 Å². The minimum atomic E-state index is -0.468. The summed E-state index contributed by atoms with van der Waals surface area (Å²) in [5, 5.41) is 4.10. The second-order valence-electron chi connectivity index (χ2n) is 7.66. The topological polar surface area (TPSA) is 107 Å². The number of carbonyl (C=O) groups excluding carboxylic acids is 1. The number of piperidine rings is 1. The maximum Gasteiger partial charge on any atom is 0.266 e. The number of carbonyl (C=O) groups is 1. The van der Waals surface area contributed by atoms with Crippen LogP contribution in [0.4, 0.5) is 5.95 Å². The molecule has 2 aromatic heterocycles. The van der Waals surface area contributed by atoms with Gasteiger partial charge in [-0.1, -0.05) is 13.8 Å². The first kappa shape index (κ1) is 20.1. The van der Waals surface area contributed by atoms with Crippen molar-refractivity contribution in [2.45, 2.75) is 52.4 Å². The summed E-state index contributed by atoms with van der Waals surface area (Å²) in [6.07, 6.45) is 4.34. The molecular formula is C20H29N5O3. The second-order valence-corrected chi connectivity index (χ2v) is 7.66. The average molecular weight is 387 g/mol. The molecule has 0 radical (unpaired) electrons. The van der Waals surface area contributed by atoms with Crippen LogP contribution in [0, 0.1) is 12.8 Å². The maximum atomic E-state index is 11.2. The van der Waals surface area contributed by atoms with E-state index < -0.39 is 5.91 Å². The zero-order valence-corrected chi connectivity index (χ0v) is 16.9. The number of hydrogen-bond donors (Lipinski definition) is 1. The summed E-state index contributed by atoms with van der Waals surface area (Å²) in [6.45, 7) is 8.39. The van der Waals surface area contributed by atoms with Gasteiger partial charge < -0.3 is 19.9 Å². The lowest BCUT2D eigenvalue weighted by Crippen LogP contribution is -2.34. The first-order valence-electron chi connectivity index (χ1n) is 9.93. The van der Waals surface area contributed by atoms with Gasteiger partial charge in [0.15, 0.2) is 0 Å². The molecule has 3 heterocycles. The summed E-state index contributed by atoms with van der Waals surface area (Å²) in [4.78, 5) is 22.2. The van der Waals surface area contributed by atoms with Crippen LogP contribution in [0.1, 0.15) is 67.4 Å². The van der Waals surface area contributed by atoms with Gasteiger partial charge in [0.2, 0.25) is 11.8 Å². The predicted octanol–water partition coefficient (Wildman–Crippen LogP) is 3.07. The van der Waals surface area contributed by atoms with Gasteiger partial charge in [-0.15, -0.1) is 0 Å². The van der Waals surface area contributed by atoms with Crippen LogP contribution < -0.4 is 15.4 Å². The molecule has 0 spiro atoms. The van der Waals surface area contributed by atoms with Crippen LogP contribution >= 0.6 is 0 Å². The number of amides is 1. The summed E-state index contributed by atoms with van der Waals surface area (Å²) < 4.78 is 11.0. The lowest BCUT2D eigenvalue weighted by atomic mass is 9.92. The minimum absolute atomic E-state index is 0.254. The van der Waals surface area contributed by atoms with E-state index in [2.05, 4.69) is 33.9 Å². The van der Waals surface area contributed by atoms with E-state index >= 15 is 0 Å². The molecular weight excluding hydrogens is 358 g/mol. The van der Waals surface area contributed by atoms with Crippen molar-refractivity contribution in [2.24, 2.45) is 11.7 Å². The fourth-order valence-electron chi connectivity index (χ4n) is 3.44. The summed E-state index contributed by atoms with van der Waals surface area (Å²) in [5.41, 5.74) is 6.32. The molecule has 1 saturated heterocycles. The van der Waals surface area contributed by atoms with Crippen LogP contribution in [0.15, 0.2) is 16.7 Å². The number of aryl methyl sites for hydroxylation is 1. The first-order valence-corrected chi connectivity index (χ1v) is 9.93. The highest BCUT2D eigenvalue weighted by Crippen LogP contribution is 2.25. The lowest BCUT2D eigenvalue weighted by Gasteiger charge is -2.30. The smallest absolute Gasteiger partial charge is 0.266 e. The molecule has 1 fully saturated rings. The Hall–Kier alpha value is -2.64. The third kappa shape index (κ3) is 4.99. The minimum Gasteiger partial charge on any atom is -0.478 e. The fraction of sp³-hybridized carbons (Fsp3) is 0.600. The molecule has 0 unspecified atom stereocenters. The Bertz CT molecular complexity index is 797. The third-order valence-corrected chi connectivity index (χ3v) is 5.15. The molecule has 8 heteroatoms. The number of nitrogens with two attached hydrogens (primary N) is 1. The highest BCUT2D eigenvalue weighted by molar-refractivity contribution is 5.93. The summed E-state index contributed by atoms with van der Waals surface area (Å²) in [7, 11) is 0. The van der Waals surface area contributed by atoms with Crippen molar-refractivity contribution in [3.05, 3.63) is 29.3 Å². The normalized spacial score (nSPS) is 15.2. The number of rotatable bonds is 8. The largest absolute Gasteiger partial charge is 0.478 e. The number of primary amides is 1. The lowest BCUT2D eigenvalue weighted by molar-refractivity contribution is 0.0999. The predicted molar refractivity (Wildman–Crippen MR) is 106 cm³/mol. The van der Waals surface area contributed by atoms with Crippen molar-refractivity contribution in [3.63, 3.8) is 0 Å². The van der Waals surface area contributed by atoms with Gasteiger partial charge in [-0.05, 0) is 49.7 Å². The SMILES string of the molecule is Cc1nc(OCCCC2CCN(c3noc(C(C)C)n3)CC2)ccc1C(N)=O. The summed E-state index contributed by atoms with van der Waals surface area (Å²) in [6, 6.07) is 3.36. The standard InChI is InChI=1S/C20H29N5O3/c1-13(2)19-23-20(24-28-19)25-10-8-15(9-11-25)5-4-12-27-17-7-6-16(18(21)26)14(3)22-17/h6-7,13,15H,4-5,8-12H2,1-3H3,(H2,21,26). The molecule has 0 atom stereocenters. The average Bonchev–Trinajstić information content (AvgIpc) is 3.16. The molecule has 3 rings (SSSR count). The number of aromatic nitrogens is 3. The number of pyridine rings is 1.